The number of rotatable bonds is 8. The Hall–Kier alpha value is -3.19. The number of fused-ring (bicyclic) bond motifs is 1. The Bertz CT molecular complexity index is 1200. The highest BCUT2D eigenvalue weighted by Crippen LogP contribution is 2.38. The molecule has 1 aliphatic carbocycles. The monoisotopic (exact) mass is 489 g/mol. The number of benzene rings is 2. The summed E-state index contributed by atoms with van der Waals surface area (Å²) in [6, 6.07) is 16.6. The van der Waals surface area contributed by atoms with Gasteiger partial charge in [0.1, 0.15) is 23.1 Å². The largest absolute Gasteiger partial charge is 0.486 e. The van der Waals surface area contributed by atoms with Gasteiger partial charge >= 0.3 is 0 Å². The zero-order chi connectivity index (χ0) is 24.4. The summed E-state index contributed by atoms with van der Waals surface area (Å²) in [5.41, 5.74) is 3.91. The molecule has 0 spiro atoms. The number of hydrogen-bond acceptors (Lipinski definition) is 5. The minimum absolute atomic E-state index is 0.111. The van der Waals surface area contributed by atoms with Gasteiger partial charge in [-0.2, -0.15) is 0 Å². The van der Waals surface area contributed by atoms with Crippen LogP contribution in [0.15, 0.2) is 53.9 Å². The average Bonchev–Trinajstić information content (AvgIpc) is 3.54. The number of aromatic nitrogens is 1. The van der Waals surface area contributed by atoms with Crippen LogP contribution < -0.4 is 10.1 Å². The minimum Gasteiger partial charge on any atom is -0.486 e. The minimum atomic E-state index is -0.132. The molecular weight excluding hydrogens is 458 g/mol. The molecule has 1 aliphatic heterocycles. The van der Waals surface area contributed by atoms with Crippen LogP contribution in [0.4, 0.5) is 0 Å². The second-order valence-electron chi connectivity index (χ2n) is 9.77. The van der Waals surface area contributed by atoms with Gasteiger partial charge in [0, 0.05) is 24.4 Å². The SMILES string of the molecule is CC(C)CC(=O)N1CCc2ccc(OCc3nc(C(=O)NC4CC4)cs3)cc2[C@H]1c1ccccc1. The average molecular weight is 490 g/mol. The summed E-state index contributed by atoms with van der Waals surface area (Å²) in [4.78, 5) is 31.9. The van der Waals surface area contributed by atoms with Crippen molar-refractivity contribution in [1.82, 2.24) is 15.2 Å². The van der Waals surface area contributed by atoms with Crippen molar-refractivity contribution in [2.45, 2.75) is 58.2 Å². The third-order valence-electron chi connectivity index (χ3n) is 6.42. The summed E-state index contributed by atoms with van der Waals surface area (Å²) < 4.78 is 6.10. The molecule has 7 heteroatoms. The van der Waals surface area contributed by atoms with Gasteiger partial charge in [-0.05, 0) is 54.0 Å². The molecule has 1 aromatic heterocycles. The van der Waals surface area contributed by atoms with Crippen molar-refractivity contribution >= 4 is 23.2 Å². The predicted octanol–water partition coefficient (Wildman–Crippen LogP) is 5.13. The fourth-order valence-corrected chi connectivity index (χ4v) is 5.21. The van der Waals surface area contributed by atoms with E-state index in [4.69, 9.17) is 4.74 Å². The molecular formula is C28H31N3O3S. The van der Waals surface area contributed by atoms with Crippen LogP contribution in [0.2, 0.25) is 0 Å². The maximum atomic E-state index is 13.2. The summed E-state index contributed by atoms with van der Waals surface area (Å²) in [5, 5.41) is 5.51. The van der Waals surface area contributed by atoms with Crippen LogP contribution in [0.3, 0.4) is 0 Å². The summed E-state index contributed by atoms with van der Waals surface area (Å²) in [6.07, 6.45) is 3.47. The molecule has 0 bridgehead atoms. The molecule has 3 aromatic rings. The Kier molecular flexibility index (Phi) is 6.86. The maximum Gasteiger partial charge on any atom is 0.270 e. The van der Waals surface area contributed by atoms with E-state index in [-0.39, 0.29) is 17.9 Å². The lowest BCUT2D eigenvalue weighted by Gasteiger charge is -2.38. The molecule has 1 saturated carbocycles. The Balaban J connectivity index is 1.35. The number of hydrogen-bond donors (Lipinski definition) is 1. The molecule has 1 atom stereocenters. The number of ether oxygens (including phenoxy) is 1. The van der Waals surface area contributed by atoms with Gasteiger partial charge in [-0.15, -0.1) is 11.3 Å². The van der Waals surface area contributed by atoms with Gasteiger partial charge in [-0.1, -0.05) is 50.2 Å². The lowest BCUT2D eigenvalue weighted by atomic mass is 9.87. The third kappa shape index (κ3) is 5.56. The number of thiazole rings is 1. The summed E-state index contributed by atoms with van der Waals surface area (Å²) in [6.45, 7) is 5.17. The first-order valence-electron chi connectivity index (χ1n) is 12.3. The number of carbonyl (C=O) groups excluding carboxylic acids is 2. The van der Waals surface area contributed by atoms with Gasteiger partial charge in [0.15, 0.2) is 0 Å². The number of carbonyl (C=O) groups is 2. The first kappa shape index (κ1) is 23.5. The molecule has 0 saturated heterocycles. The van der Waals surface area contributed by atoms with Gasteiger partial charge in [-0.3, -0.25) is 9.59 Å². The van der Waals surface area contributed by atoms with Crippen molar-refractivity contribution in [3.8, 4) is 5.75 Å². The van der Waals surface area contributed by atoms with Crippen molar-refractivity contribution < 1.29 is 14.3 Å². The van der Waals surface area contributed by atoms with Crippen molar-refractivity contribution in [1.29, 1.82) is 0 Å². The number of nitrogens with zero attached hydrogens (tertiary/aromatic N) is 2. The zero-order valence-corrected chi connectivity index (χ0v) is 21.0. The molecule has 182 valence electrons. The highest BCUT2D eigenvalue weighted by molar-refractivity contribution is 7.09. The Morgan fingerprint density at radius 2 is 1.97 bits per heavy atom. The van der Waals surface area contributed by atoms with Crippen molar-refractivity contribution in [3.05, 3.63) is 81.3 Å². The molecule has 2 amide bonds. The fraction of sp³-hybridized carbons (Fsp3) is 0.393. The molecule has 0 unspecified atom stereocenters. The van der Waals surface area contributed by atoms with Gasteiger partial charge in [0.2, 0.25) is 5.91 Å². The Morgan fingerprint density at radius 1 is 1.17 bits per heavy atom. The van der Waals surface area contributed by atoms with E-state index in [0.29, 0.717) is 37.2 Å². The molecule has 2 heterocycles. The molecule has 5 rings (SSSR count). The van der Waals surface area contributed by atoms with Gasteiger partial charge < -0.3 is 15.0 Å². The highest BCUT2D eigenvalue weighted by atomic mass is 32.1. The molecule has 6 nitrogen and oxygen atoms in total. The molecule has 35 heavy (non-hydrogen) atoms. The van der Waals surface area contributed by atoms with Gasteiger partial charge in [0.25, 0.3) is 5.91 Å². The fourth-order valence-electron chi connectivity index (χ4n) is 4.53. The van der Waals surface area contributed by atoms with Gasteiger partial charge in [0.05, 0.1) is 6.04 Å². The van der Waals surface area contributed by atoms with Crippen LogP contribution in [0.25, 0.3) is 0 Å². The normalized spacial score (nSPS) is 17.2. The van der Waals surface area contributed by atoms with E-state index in [9.17, 15) is 9.59 Å². The second-order valence-corrected chi connectivity index (χ2v) is 10.7. The van der Waals surface area contributed by atoms with Crippen LogP contribution in [0.5, 0.6) is 5.75 Å². The second kappa shape index (κ2) is 10.2. The quantitative estimate of drug-likeness (QED) is 0.476. The first-order chi connectivity index (χ1) is 17.0. The van der Waals surface area contributed by atoms with Crippen LogP contribution in [-0.2, 0) is 17.8 Å². The lowest BCUT2D eigenvalue weighted by molar-refractivity contribution is -0.134. The number of amides is 2. The molecule has 0 radical (unpaired) electrons. The highest BCUT2D eigenvalue weighted by Gasteiger charge is 2.32. The Labute approximate surface area is 210 Å². The summed E-state index contributed by atoms with van der Waals surface area (Å²) in [5.74, 6) is 1.12. The van der Waals surface area contributed by atoms with Crippen LogP contribution >= 0.6 is 11.3 Å². The predicted molar refractivity (Wildman–Crippen MR) is 137 cm³/mol. The van der Waals surface area contributed by atoms with Gasteiger partial charge in [-0.25, -0.2) is 4.98 Å². The van der Waals surface area contributed by atoms with Crippen molar-refractivity contribution in [2.75, 3.05) is 6.54 Å². The standard InChI is InChI=1S/C28H31N3O3S/c1-18(2)14-26(32)31-13-12-19-8-11-22(15-23(19)27(31)20-6-4-3-5-7-20)34-16-25-30-24(17-35-25)28(33)29-21-9-10-21/h3-8,11,15,17-18,21,27H,9-10,12-14,16H2,1-2H3,(H,29,33)/t27-/m1/s1. The van der Waals surface area contributed by atoms with E-state index in [0.717, 1.165) is 41.1 Å². The zero-order valence-electron chi connectivity index (χ0n) is 20.2. The summed E-state index contributed by atoms with van der Waals surface area (Å²) in [7, 11) is 0. The van der Waals surface area contributed by atoms with Crippen LogP contribution in [-0.4, -0.2) is 34.3 Å². The third-order valence-corrected chi connectivity index (χ3v) is 7.25. The molecule has 2 aromatic carbocycles. The lowest BCUT2D eigenvalue weighted by Crippen LogP contribution is -2.41. The molecule has 2 aliphatic rings. The first-order valence-corrected chi connectivity index (χ1v) is 13.2. The smallest absolute Gasteiger partial charge is 0.270 e. The van der Waals surface area contributed by atoms with E-state index in [2.05, 4.69) is 48.4 Å². The maximum absolute atomic E-state index is 13.2. The van der Waals surface area contributed by atoms with Crippen molar-refractivity contribution in [2.24, 2.45) is 5.92 Å². The summed E-state index contributed by atoms with van der Waals surface area (Å²) >= 11 is 1.43. The van der Waals surface area contributed by atoms with Crippen LogP contribution in [0.1, 0.15) is 71.3 Å². The molecule has 1 N–H and O–H groups in total. The van der Waals surface area contributed by atoms with E-state index in [1.807, 2.05) is 29.2 Å². The number of nitrogens with one attached hydrogen (secondary N) is 1. The van der Waals surface area contributed by atoms with E-state index < -0.39 is 0 Å². The topological polar surface area (TPSA) is 71.5 Å². The Morgan fingerprint density at radius 3 is 2.71 bits per heavy atom. The van der Waals surface area contributed by atoms with E-state index >= 15 is 0 Å². The molecule has 1 fully saturated rings. The van der Waals surface area contributed by atoms with Crippen molar-refractivity contribution in [3.63, 3.8) is 0 Å². The van der Waals surface area contributed by atoms with E-state index in [1.165, 1.54) is 16.9 Å². The van der Waals surface area contributed by atoms with Crippen LogP contribution in [0, 0.1) is 5.92 Å². The van der Waals surface area contributed by atoms with E-state index in [1.54, 1.807) is 5.38 Å².